The first-order valence-corrected chi connectivity index (χ1v) is 3.96. The fraction of sp³-hybridized carbons (Fsp3) is 0.625. The van der Waals surface area contributed by atoms with E-state index in [-0.39, 0.29) is 13.1 Å². The van der Waals surface area contributed by atoms with Crippen molar-refractivity contribution >= 4 is 5.97 Å². The van der Waals surface area contributed by atoms with Gasteiger partial charge in [-0.15, -0.1) is 0 Å². The maximum atomic E-state index is 11.7. The van der Waals surface area contributed by atoms with Gasteiger partial charge in [0.1, 0.15) is 0 Å². The van der Waals surface area contributed by atoms with E-state index < -0.39 is 18.6 Å². The third-order valence-electron chi connectivity index (χ3n) is 1.45. The average molecular weight is 211 g/mol. The molecule has 0 fully saturated rings. The van der Waals surface area contributed by atoms with Crippen molar-refractivity contribution in [2.75, 3.05) is 20.1 Å². The van der Waals surface area contributed by atoms with Crippen LogP contribution in [0.1, 0.15) is 6.42 Å². The maximum Gasteiger partial charge on any atom is 0.390 e. The molecule has 0 aromatic rings. The topological polar surface area (TPSA) is 40.5 Å². The Kier molecular flexibility index (Phi) is 5.22. The Morgan fingerprint density at radius 3 is 2.50 bits per heavy atom. The van der Waals surface area contributed by atoms with E-state index in [4.69, 9.17) is 5.11 Å². The lowest BCUT2D eigenvalue weighted by molar-refractivity contribution is -0.137. The summed E-state index contributed by atoms with van der Waals surface area (Å²) in [6, 6.07) is 0. The Hall–Kier alpha value is -1.04. The van der Waals surface area contributed by atoms with Crippen molar-refractivity contribution in [3.63, 3.8) is 0 Å². The van der Waals surface area contributed by atoms with Crippen LogP contribution >= 0.6 is 0 Å². The predicted molar refractivity (Wildman–Crippen MR) is 44.9 cm³/mol. The van der Waals surface area contributed by atoms with Gasteiger partial charge < -0.3 is 10.0 Å². The second-order valence-corrected chi connectivity index (χ2v) is 2.87. The van der Waals surface area contributed by atoms with E-state index in [1.807, 2.05) is 0 Å². The molecule has 0 aliphatic carbocycles. The van der Waals surface area contributed by atoms with Crippen LogP contribution in [0.3, 0.4) is 0 Å². The highest BCUT2D eigenvalue weighted by Crippen LogP contribution is 2.19. The van der Waals surface area contributed by atoms with Crippen molar-refractivity contribution in [2.24, 2.45) is 0 Å². The van der Waals surface area contributed by atoms with Crippen molar-refractivity contribution in [3.8, 4) is 0 Å². The molecule has 82 valence electrons. The lowest BCUT2D eigenvalue weighted by Crippen LogP contribution is -2.24. The van der Waals surface area contributed by atoms with Crippen LogP contribution in [0.15, 0.2) is 12.2 Å². The van der Waals surface area contributed by atoms with Crippen molar-refractivity contribution in [1.82, 2.24) is 4.90 Å². The maximum absolute atomic E-state index is 11.7. The summed E-state index contributed by atoms with van der Waals surface area (Å²) in [7, 11) is 1.50. The molecule has 0 aromatic heterocycles. The number of nitrogens with zero attached hydrogens (tertiary/aromatic N) is 1. The lowest BCUT2D eigenvalue weighted by Gasteiger charge is -2.15. The van der Waals surface area contributed by atoms with Crippen molar-refractivity contribution in [1.29, 1.82) is 0 Å². The highest BCUT2D eigenvalue weighted by molar-refractivity contribution is 5.79. The lowest BCUT2D eigenvalue weighted by atomic mass is 10.3. The zero-order chi connectivity index (χ0) is 11.2. The number of aliphatic carboxylic acids is 1. The summed E-state index contributed by atoms with van der Waals surface area (Å²) in [5.41, 5.74) is 0. The largest absolute Gasteiger partial charge is 0.478 e. The molecule has 0 aromatic carbocycles. The second kappa shape index (κ2) is 5.64. The van der Waals surface area contributed by atoms with E-state index in [1.165, 1.54) is 18.0 Å². The Bertz CT molecular complexity index is 213. The van der Waals surface area contributed by atoms with Gasteiger partial charge in [-0.2, -0.15) is 13.2 Å². The highest BCUT2D eigenvalue weighted by atomic mass is 19.4. The molecule has 0 spiro atoms. The molecule has 0 amide bonds. The molecule has 14 heavy (non-hydrogen) atoms. The van der Waals surface area contributed by atoms with Gasteiger partial charge in [-0.1, -0.05) is 6.08 Å². The molecule has 6 heteroatoms. The third-order valence-corrected chi connectivity index (χ3v) is 1.45. The van der Waals surface area contributed by atoms with Gasteiger partial charge in [-0.05, 0) is 7.05 Å². The minimum atomic E-state index is -4.16. The fourth-order valence-electron chi connectivity index (χ4n) is 0.742. The molecule has 0 saturated heterocycles. The van der Waals surface area contributed by atoms with E-state index in [2.05, 4.69) is 0 Å². The first kappa shape index (κ1) is 13.0. The van der Waals surface area contributed by atoms with Crippen LogP contribution in [0.5, 0.6) is 0 Å². The van der Waals surface area contributed by atoms with Crippen molar-refractivity contribution < 1.29 is 23.1 Å². The zero-order valence-corrected chi connectivity index (χ0v) is 7.71. The van der Waals surface area contributed by atoms with Crippen LogP contribution in [-0.2, 0) is 4.79 Å². The molecule has 1 N–H and O–H groups in total. The fourth-order valence-corrected chi connectivity index (χ4v) is 0.742. The van der Waals surface area contributed by atoms with E-state index in [0.29, 0.717) is 0 Å². The summed E-state index contributed by atoms with van der Waals surface area (Å²) in [4.78, 5) is 11.4. The molecule has 0 atom stereocenters. The SMILES string of the molecule is CN(C/C=C/C(=O)O)CCC(F)(F)F. The second-order valence-electron chi connectivity index (χ2n) is 2.87. The standard InChI is InChI=1S/C8H12F3NO2/c1-12(5-2-3-7(13)14)6-4-8(9,10)11/h2-3H,4-6H2,1H3,(H,13,14)/b3-2+. The van der Waals surface area contributed by atoms with Gasteiger partial charge in [0.2, 0.25) is 0 Å². The van der Waals surface area contributed by atoms with Gasteiger partial charge in [0.25, 0.3) is 0 Å². The minimum absolute atomic E-state index is 0.131. The zero-order valence-electron chi connectivity index (χ0n) is 7.71. The predicted octanol–water partition coefficient (Wildman–Crippen LogP) is 1.51. The minimum Gasteiger partial charge on any atom is -0.478 e. The Morgan fingerprint density at radius 1 is 1.50 bits per heavy atom. The summed E-state index contributed by atoms with van der Waals surface area (Å²) in [6.45, 7) is 0.0653. The number of halogens is 3. The normalized spacial score (nSPS) is 12.6. The first-order valence-electron chi connectivity index (χ1n) is 3.96. The van der Waals surface area contributed by atoms with Crippen molar-refractivity contribution in [3.05, 3.63) is 12.2 Å². The molecular weight excluding hydrogens is 199 g/mol. The molecular formula is C8H12F3NO2. The van der Waals surface area contributed by atoms with Crippen LogP contribution < -0.4 is 0 Å². The molecule has 0 unspecified atom stereocenters. The molecule has 0 aliphatic rings. The smallest absolute Gasteiger partial charge is 0.390 e. The van der Waals surface area contributed by atoms with Crippen LogP contribution in [0.4, 0.5) is 13.2 Å². The van der Waals surface area contributed by atoms with Crippen LogP contribution in [0, 0.1) is 0 Å². The van der Waals surface area contributed by atoms with Gasteiger partial charge in [-0.3, -0.25) is 0 Å². The van der Waals surface area contributed by atoms with Crippen LogP contribution in [-0.4, -0.2) is 42.3 Å². The molecule has 0 aliphatic heterocycles. The monoisotopic (exact) mass is 211 g/mol. The third kappa shape index (κ3) is 9.05. The summed E-state index contributed by atoms with van der Waals surface area (Å²) in [5, 5.41) is 8.20. The van der Waals surface area contributed by atoms with Gasteiger partial charge in [0, 0.05) is 19.2 Å². The molecule has 0 bridgehead atoms. The van der Waals surface area contributed by atoms with Crippen molar-refractivity contribution in [2.45, 2.75) is 12.6 Å². The number of alkyl halides is 3. The molecule has 0 saturated carbocycles. The quantitative estimate of drug-likeness (QED) is 0.701. The van der Waals surface area contributed by atoms with E-state index in [9.17, 15) is 18.0 Å². The molecule has 0 rings (SSSR count). The van der Waals surface area contributed by atoms with Crippen LogP contribution in [0.2, 0.25) is 0 Å². The van der Waals surface area contributed by atoms with E-state index in [1.54, 1.807) is 0 Å². The molecule has 0 heterocycles. The molecule has 0 radical (unpaired) electrons. The number of carboxylic acid groups (broad SMARTS) is 1. The number of carboxylic acids is 1. The highest BCUT2D eigenvalue weighted by Gasteiger charge is 2.26. The number of rotatable bonds is 5. The van der Waals surface area contributed by atoms with Crippen LogP contribution in [0.25, 0.3) is 0 Å². The average Bonchev–Trinajstić information content (AvgIpc) is 1.99. The first-order chi connectivity index (χ1) is 6.31. The van der Waals surface area contributed by atoms with Gasteiger partial charge in [0.15, 0.2) is 0 Å². The number of hydrogen-bond acceptors (Lipinski definition) is 2. The Labute approximate surface area is 79.8 Å². The van der Waals surface area contributed by atoms with E-state index in [0.717, 1.165) is 6.08 Å². The number of hydrogen-bond donors (Lipinski definition) is 1. The van der Waals surface area contributed by atoms with Gasteiger partial charge >= 0.3 is 12.1 Å². The van der Waals surface area contributed by atoms with Gasteiger partial charge in [-0.25, -0.2) is 4.79 Å². The summed E-state index contributed by atoms with van der Waals surface area (Å²) in [6.07, 6.45) is -2.84. The number of likely N-dealkylation sites (N-methyl/N-ethyl adjacent to an activating group) is 1. The summed E-state index contributed by atoms with van der Waals surface area (Å²) >= 11 is 0. The summed E-state index contributed by atoms with van der Waals surface area (Å²) < 4.78 is 35.2. The Balaban J connectivity index is 3.66. The Morgan fingerprint density at radius 2 is 2.07 bits per heavy atom. The van der Waals surface area contributed by atoms with Gasteiger partial charge in [0.05, 0.1) is 6.42 Å². The van der Waals surface area contributed by atoms with E-state index >= 15 is 0 Å². The molecule has 3 nitrogen and oxygen atoms in total. The summed E-state index contributed by atoms with van der Waals surface area (Å²) in [5.74, 6) is -1.10. The number of carbonyl (C=O) groups is 1.